The van der Waals surface area contributed by atoms with Gasteiger partial charge < -0.3 is 10.3 Å². The Bertz CT molecular complexity index is 507. The van der Waals surface area contributed by atoms with Crippen LogP contribution in [0.3, 0.4) is 0 Å². The van der Waals surface area contributed by atoms with Crippen molar-refractivity contribution in [2.75, 3.05) is 5.32 Å². The lowest BCUT2D eigenvalue weighted by Crippen LogP contribution is -2.12. The number of aromatic amines is 1. The van der Waals surface area contributed by atoms with Gasteiger partial charge in [-0.3, -0.25) is 4.79 Å². The molecule has 0 saturated heterocycles. The van der Waals surface area contributed by atoms with Crippen molar-refractivity contribution in [2.45, 2.75) is 13.0 Å². The summed E-state index contributed by atoms with van der Waals surface area (Å²) >= 11 is 0. The maximum atomic E-state index is 11.1. The molecule has 82 valence electrons. The zero-order valence-electron chi connectivity index (χ0n) is 8.97. The number of anilines is 1. The topological polar surface area (TPSA) is 57.8 Å². The molecule has 0 fully saturated rings. The summed E-state index contributed by atoms with van der Waals surface area (Å²) in [6, 6.07) is 11.6. The first-order chi connectivity index (χ1) is 7.75. The van der Waals surface area contributed by atoms with E-state index in [4.69, 9.17) is 0 Å². The predicted octanol–water partition coefficient (Wildman–Crippen LogP) is 1.94. The molecule has 0 bridgehead atoms. The molecule has 1 heterocycles. The van der Waals surface area contributed by atoms with E-state index in [0.717, 1.165) is 5.56 Å². The van der Waals surface area contributed by atoms with Crippen molar-refractivity contribution in [3.05, 3.63) is 58.6 Å². The molecule has 0 amide bonds. The summed E-state index contributed by atoms with van der Waals surface area (Å²) in [5.41, 5.74) is 1.00. The molecule has 2 aromatic rings. The molecule has 2 rings (SSSR count). The molecular formula is C12H13N3O. The fraction of sp³-hybridized carbons (Fsp3) is 0.167. The number of H-pyrrole nitrogens is 1. The maximum Gasteiger partial charge on any atom is 0.252 e. The third-order valence-electron chi connectivity index (χ3n) is 2.34. The van der Waals surface area contributed by atoms with E-state index >= 15 is 0 Å². The van der Waals surface area contributed by atoms with Crippen LogP contribution in [0.4, 0.5) is 5.82 Å². The standard InChI is InChI=1S/C12H13N3O/c1-9(10-5-3-2-4-6-10)15-11-7-12(16)14-8-13-11/h2-9H,1H3,(H2,13,14,15,16). The van der Waals surface area contributed by atoms with Crippen molar-refractivity contribution >= 4 is 5.82 Å². The lowest BCUT2D eigenvalue weighted by atomic mass is 10.1. The summed E-state index contributed by atoms with van der Waals surface area (Å²) in [6.45, 7) is 2.03. The smallest absolute Gasteiger partial charge is 0.252 e. The predicted molar refractivity (Wildman–Crippen MR) is 63.3 cm³/mol. The number of hydrogen-bond acceptors (Lipinski definition) is 3. The van der Waals surface area contributed by atoms with Crippen molar-refractivity contribution in [1.29, 1.82) is 0 Å². The lowest BCUT2D eigenvalue weighted by molar-refractivity contribution is 0.870. The Labute approximate surface area is 93.4 Å². The van der Waals surface area contributed by atoms with E-state index in [2.05, 4.69) is 15.3 Å². The normalized spacial score (nSPS) is 12.1. The van der Waals surface area contributed by atoms with Crippen LogP contribution in [0.2, 0.25) is 0 Å². The van der Waals surface area contributed by atoms with E-state index in [0.29, 0.717) is 5.82 Å². The number of benzene rings is 1. The molecule has 0 aliphatic rings. The minimum Gasteiger partial charge on any atom is -0.363 e. The van der Waals surface area contributed by atoms with Crippen LogP contribution in [0, 0.1) is 0 Å². The first kappa shape index (κ1) is 10.4. The maximum absolute atomic E-state index is 11.1. The van der Waals surface area contributed by atoms with Crippen LogP contribution < -0.4 is 10.9 Å². The van der Waals surface area contributed by atoms with Crippen LogP contribution in [0.25, 0.3) is 0 Å². The van der Waals surface area contributed by atoms with Gasteiger partial charge in [0.25, 0.3) is 5.56 Å². The van der Waals surface area contributed by atoms with Gasteiger partial charge >= 0.3 is 0 Å². The molecular weight excluding hydrogens is 202 g/mol. The molecule has 4 heteroatoms. The Morgan fingerprint density at radius 1 is 1.31 bits per heavy atom. The van der Waals surface area contributed by atoms with E-state index in [9.17, 15) is 4.79 Å². The SMILES string of the molecule is CC(Nc1cc(=O)[nH]cn1)c1ccccc1. The third kappa shape index (κ3) is 2.48. The van der Waals surface area contributed by atoms with Crippen LogP contribution in [0.15, 0.2) is 47.5 Å². The Morgan fingerprint density at radius 2 is 2.06 bits per heavy atom. The van der Waals surface area contributed by atoms with Gasteiger partial charge in [0.15, 0.2) is 0 Å². The van der Waals surface area contributed by atoms with Crippen LogP contribution >= 0.6 is 0 Å². The molecule has 0 saturated carbocycles. The highest BCUT2D eigenvalue weighted by atomic mass is 16.1. The number of nitrogens with one attached hydrogen (secondary N) is 2. The number of aromatic nitrogens is 2. The van der Waals surface area contributed by atoms with E-state index in [1.165, 1.54) is 12.4 Å². The van der Waals surface area contributed by atoms with Gasteiger partial charge in [-0.05, 0) is 12.5 Å². The third-order valence-corrected chi connectivity index (χ3v) is 2.34. The minimum atomic E-state index is -0.155. The molecule has 2 N–H and O–H groups in total. The Kier molecular flexibility index (Phi) is 3.00. The van der Waals surface area contributed by atoms with E-state index in [-0.39, 0.29) is 11.6 Å². The van der Waals surface area contributed by atoms with Crippen molar-refractivity contribution in [3.8, 4) is 0 Å². The van der Waals surface area contributed by atoms with Gasteiger partial charge in [-0.15, -0.1) is 0 Å². The van der Waals surface area contributed by atoms with Gasteiger partial charge in [0.05, 0.1) is 6.33 Å². The van der Waals surface area contributed by atoms with Gasteiger partial charge in [-0.2, -0.15) is 0 Å². The summed E-state index contributed by atoms with van der Waals surface area (Å²) in [5.74, 6) is 0.583. The molecule has 1 aromatic heterocycles. The van der Waals surface area contributed by atoms with Crippen molar-refractivity contribution in [2.24, 2.45) is 0 Å². The van der Waals surface area contributed by atoms with Crippen molar-refractivity contribution < 1.29 is 0 Å². The molecule has 0 radical (unpaired) electrons. The van der Waals surface area contributed by atoms with E-state index in [1.54, 1.807) is 0 Å². The fourth-order valence-electron chi connectivity index (χ4n) is 1.49. The van der Waals surface area contributed by atoms with Gasteiger partial charge in [0.1, 0.15) is 5.82 Å². The highest BCUT2D eigenvalue weighted by Crippen LogP contribution is 2.15. The first-order valence-electron chi connectivity index (χ1n) is 5.12. The average Bonchev–Trinajstić information content (AvgIpc) is 2.30. The summed E-state index contributed by atoms with van der Waals surface area (Å²) in [7, 11) is 0. The largest absolute Gasteiger partial charge is 0.363 e. The average molecular weight is 215 g/mol. The summed E-state index contributed by atoms with van der Waals surface area (Å²) in [4.78, 5) is 17.6. The number of nitrogens with zero attached hydrogens (tertiary/aromatic N) is 1. The fourth-order valence-corrected chi connectivity index (χ4v) is 1.49. The van der Waals surface area contributed by atoms with Crippen LogP contribution in [0.5, 0.6) is 0 Å². The second-order valence-corrected chi connectivity index (χ2v) is 3.57. The zero-order chi connectivity index (χ0) is 11.4. The monoisotopic (exact) mass is 215 g/mol. The zero-order valence-corrected chi connectivity index (χ0v) is 8.97. The number of hydrogen-bond donors (Lipinski definition) is 2. The van der Waals surface area contributed by atoms with Gasteiger partial charge in [0.2, 0.25) is 0 Å². The second kappa shape index (κ2) is 4.61. The quantitative estimate of drug-likeness (QED) is 0.822. The molecule has 16 heavy (non-hydrogen) atoms. The van der Waals surface area contributed by atoms with Crippen LogP contribution in [-0.4, -0.2) is 9.97 Å². The van der Waals surface area contributed by atoms with Gasteiger partial charge in [-0.25, -0.2) is 4.98 Å². The molecule has 4 nitrogen and oxygen atoms in total. The van der Waals surface area contributed by atoms with Crippen molar-refractivity contribution in [1.82, 2.24) is 9.97 Å². The molecule has 1 aromatic carbocycles. The molecule has 1 unspecified atom stereocenters. The Hall–Kier alpha value is -2.10. The lowest BCUT2D eigenvalue weighted by Gasteiger charge is -2.14. The molecule has 1 atom stereocenters. The second-order valence-electron chi connectivity index (χ2n) is 3.57. The van der Waals surface area contributed by atoms with Gasteiger partial charge in [0, 0.05) is 12.1 Å². The van der Waals surface area contributed by atoms with Gasteiger partial charge in [-0.1, -0.05) is 30.3 Å². The first-order valence-corrected chi connectivity index (χ1v) is 5.12. The summed E-state index contributed by atoms with van der Waals surface area (Å²) in [5, 5.41) is 3.17. The van der Waals surface area contributed by atoms with E-state index < -0.39 is 0 Å². The molecule has 0 aliphatic carbocycles. The number of rotatable bonds is 3. The highest BCUT2D eigenvalue weighted by molar-refractivity contribution is 5.36. The highest BCUT2D eigenvalue weighted by Gasteiger charge is 2.04. The summed E-state index contributed by atoms with van der Waals surface area (Å²) in [6.07, 6.45) is 1.39. The minimum absolute atomic E-state index is 0.121. The van der Waals surface area contributed by atoms with Crippen LogP contribution in [-0.2, 0) is 0 Å². The van der Waals surface area contributed by atoms with E-state index in [1.807, 2.05) is 37.3 Å². The molecule has 0 aliphatic heterocycles. The van der Waals surface area contributed by atoms with Crippen LogP contribution in [0.1, 0.15) is 18.5 Å². The molecule has 0 spiro atoms. The Balaban J connectivity index is 2.14. The Morgan fingerprint density at radius 3 is 2.75 bits per heavy atom. The van der Waals surface area contributed by atoms with Crippen molar-refractivity contribution in [3.63, 3.8) is 0 Å². The summed E-state index contributed by atoms with van der Waals surface area (Å²) < 4.78 is 0.